The number of nitrogens with zero attached hydrogens (tertiary/aromatic N) is 1. The summed E-state index contributed by atoms with van der Waals surface area (Å²) in [6, 6.07) is 0.435. The average molecular weight is 441 g/mol. The standard InChI is InChI=1S/C17H35N3O2.HI/c1-14(2)10-9-11-15(3)20-17(18-4)19-13-8-6-7-12-16(21)22-5;/h14-15H,6-13H2,1-5H3,(H2,18,19,20);1H. The zero-order chi connectivity index (χ0) is 16.8. The minimum atomic E-state index is -0.124. The van der Waals surface area contributed by atoms with Crippen molar-refractivity contribution in [2.45, 2.75) is 71.8 Å². The number of ether oxygens (including phenoxy) is 1. The molecule has 0 aliphatic rings. The summed E-state index contributed by atoms with van der Waals surface area (Å²) in [4.78, 5) is 15.2. The summed E-state index contributed by atoms with van der Waals surface area (Å²) in [5.74, 6) is 1.51. The molecule has 23 heavy (non-hydrogen) atoms. The number of hydrogen-bond donors (Lipinski definition) is 2. The Kier molecular flexibility index (Phi) is 17.6. The van der Waals surface area contributed by atoms with Gasteiger partial charge in [-0.05, 0) is 32.1 Å². The fourth-order valence-corrected chi connectivity index (χ4v) is 2.21. The summed E-state index contributed by atoms with van der Waals surface area (Å²) >= 11 is 0. The minimum absolute atomic E-state index is 0. The smallest absolute Gasteiger partial charge is 0.305 e. The Balaban J connectivity index is 0. The minimum Gasteiger partial charge on any atom is -0.469 e. The third-order valence-corrected chi connectivity index (χ3v) is 3.60. The summed E-state index contributed by atoms with van der Waals surface area (Å²) in [5, 5.41) is 6.75. The number of guanidine groups is 1. The van der Waals surface area contributed by atoms with Gasteiger partial charge < -0.3 is 15.4 Å². The van der Waals surface area contributed by atoms with Crippen molar-refractivity contribution in [2.75, 3.05) is 20.7 Å². The Bertz CT molecular complexity index is 323. The van der Waals surface area contributed by atoms with Crippen LogP contribution in [0.1, 0.15) is 65.7 Å². The van der Waals surface area contributed by atoms with Gasteiger partial charge in [0.2, 0.25) is 0 Å². The first-order valence-electron chi connectivity index (χ1n) is 8.53. The van der Waals surface area contributed by atoms with Gasteiger partial charge >= 0.3 is 5.97 Å². The third-order valence-electron chi connectivity index (χ3n) is 3.60. The molecule has 0 spiro atoms. The van der Waals surface area contributed by atoms with Crippen molar-refractivity contribution in [3.63, 3.8) is 0 Å². The van der Waals surface area contributed by atoms with E-state index in [1.54, 1.807) is 7.05 Å². The summed E-state index contributed by atoms with van der Waals surface area (Å²) in [6.07, 6.45) is 7.12. The van der Waals surface area contributed by atoms with E-state index in [-0.39, 0.29) is 29.9 Å². The van der Waals surface area contributed by atoms with Crippen molar-refractivity contribution in [1.82, 2.24) is 10.6 Å². The SMILES string of the molecule is CN=C(NCCCCCC(=O)OC)NC(C)CCCC(C)C.I. The zero-order valence-corrected chi connectivity index (χ0v) is 17.8. The van der Waals surface area contributed by atoms with Crippen molar-refractivity contribution >= 4 is 35.9 Å². The van der Waals surface area contributed by atoms with Crippen LogP contribution < -0.4 is 10.6 Å². The zero-order valence-electron chi connectivity index (χ0n) is 15.5. The molecule has 0 aliphatic carbocycles. The Morgan fingerprint density at radius 1 is 1.09 bits per heavy atom. The molecule has 0 rings (SSSR count). The van der Waals surface area contributed by atoms with Crippen molar-refractivity contribution in [3.8, 4) is 0 Å². The molecule has 0 aliphatic heterocycles. The summed E-state index contributed by atoms with van der Waals surface area (Å²) < 4.78 is 4.62. The molecule has 1 unspecified atom stereocenters. The predicted molar refractivity (Wildman–Crippen MR) is 109 cm³/mol. The summed E-state index contributed by atoms with van der Waals surface area (Å²) in [6.45, 7) is 7.60. The highest BCUT2D eigenvalue weighted by Gasteiger charge is 2.05. The molecule has 0 amide bonds. The molecule has 0 aromatic rings. The first-order valence-corrected chi connectivity index (χ1v) is 8.53. The highest BCUT2D eigenvalue weighted by Crippen LogP contribution is 2.08. The Hall–Kier alpha value is -0.530. The number of hydrogen-bond acceptors (Lipinski definition) is 3. The van der Waals surface area contributed by atoms with Crippen LogP contribution in [0.3, 0.4) is 0 Å². The Labute approximate surface area is 159 Å². The van der Waals surface area contributed by atoms with E-state index in [4.69, 9.17) is 0 Å². The van der Waals surface area contributed by atoms with Crippen LogP contribution >= 0.6 is 24.0 Å². The van der Waals surface area contributed by atoms with Crippen molar-refractivity contribution in [2.24, 2.45) is 10.9 Å². The molecule has 138 valence electrons. The molecule has 2 N–H and O–H groups in total. The lowest BCUT2D eigenvalue weighted by Gasteiger charge is -2.18. The van der Waals surface area contributed by atoms with Gasteiger partial charge in [-0.1, -0.05) is 33.1 Å². The molecule has 0 saturated carbocycles. The van der Waals surface area contributed by atoms with Gasteiger partial charge in [0.15, 0.2) is 5.96 Å². The van der Waals surface area contributed by atoms with Gasteiger partial charge in [-0.15, -0.1) is 24.0 Å². The van der Waals surface area contributed by atoms with Gasteiger partial charge in [0.05, 0.1) is 7.11 Å². The maximum atomic E-state index is 11.0. The second-order valence-corrected chi connectivity index (χ2v) is 6.26. The fraction of sp³-hybridized carbons (Fsp3) is 0.882. The number of methoxy groups -OCH3 is 1. The van der Waals surface area contributed by atoms with Crippen LogP contribution in [0, 0.1) is 5.92 Å². The van der Waals surface area contributed by atoms with Gasteiger partial charge in [-0.3, -0.25) is 9.79 Å². The number of halogens is 1. The number of unbranched alkanes of at least 4 members (excludes halogenated alkanes) is 2. The topological polar surface area (TPSA) is 62.7 Å². The molecule has 6 heteroatoms. The van der Waals surface area contributed by atoms with Gasteiger partial charge in [-0.2, -0.15) is 0 Å². The van der Waals surface area contributed by atoms with E-state index in [1.807, 2.05) is 0 Å². The molecular weight excluding hydrogens is 405 g/mol. The molecule has 0 radical (unpaired) electrons. The van der Waals surface area contributed by atoms with E-state index in [9.17, 15) is 4.79 Å². The van der Waals surface area contributed by atoms with Crippen LogP contribution in [0.25, 0.3) is 0 Å². The molecule has 0 saturated heterocycles. The largest absolute Gasteiger partial charge is 0.469 e. The van der Waals surface area contributed by atoms with Crippen LogP contribution in [0.5, 0.6) is 0 Å². The van der Waals surface area contributed by atoms with Gasteiger partial charge in [0.1, 0.15) is 0 Å². The molecule has 0 aromatic carbocycles. The number of rotatable bonds is 11. The normalized spacial score (nSPS) is 12.5. The number of carbonyl (C=O) groups is 1. The molecular formula is C17H36IN3O2. The summed E-state index contributed by atoms with van der Waals surface area (Å²) in [7, 11) is 3.23. The second kappa shape index (κ2) is 16.3. The first-order chi connectivity index (χ1) is 10.5. The molecule has 1 atom stereocenters. The number of aliphatic imine (C=N–C) groups is 1. The average Bonchev–Trinajstić information content (AvgIpc) is 2.48. The van der Waals surface area contributed by atoms with Gasteiger partial charge in [0.25, 0.3) is 0 Å². The highest BCUT2D eigenvalue weighted by atomic mass is 127. The quantitative estimate of drug-likeness (QED) is 0.169. The first kappa shape index (κ1) is 24.7. The number of carbonyl (C=O) groups excluding carboxylic acids is 1. The van der Waals surface area contributed by atoms with Crippen LogP contribution in [-0.4, -0.2) is 38.7 Å². The van der Waals surface area contributed by atoms with Gasteiger partial charge in [-0.25, -0.2) is 0 Å². The lowest BCUT2D eigenvalue weighted by Crippen LogP contribution is -2.42. The number of nitrogens with one attached hydrogen (secondary N) is 2. The Morgan fingerprint density at radius 3 is 2.35 bits per heavy atom. The monoisotopic (exact) mass is 441 g/mol. The van der Waals surface area contributed by atoms with E-state index in [0.717, 1.165) is 44.1 Å². The highest BCUT2D eigenvalue weighted by molar-refractivity contribution is 14.0. The van der Waals surface area contributed by atoms with Crippen LogP contribution in [-0.2, 0) is 9.53 Å². The fourth-order valence-electron chi connectivity index (χ4n) is 2.21. The van der Waals surface area contributed by atoms with E-state index in [0.29, 0.717) is 12.5 Å². The Morgan fingerprint density at radius 2 is 1.78 bits per heavy atom. The van der Waals surface area contributed by atoms with Gasteiger partial charge in [0, 0.05) is 26.1 Å². The van der Waals surface area contributed by atoms with Crippen molar-refractivity contribution in [1.29, 1.82) is 0 Å². The van der Waals surface area contributed by atoms with Crippen LogP contribution in [0.2, 0.25) is 0 Å². The second-order valence-electron chi connectivity index (χ2n) is 6.26. The predicted octanol–water partition coefficient (Wildman–Crippen LogP) is 3.72. The lowest BCUT2D eigenvalue weighted by molar-refractivity contribution is -0.140. The van der Waals surface area contributed by atoms with Crippen LogP contribution in [0.15, 0.2) is 4.99 Å². The lowest BCUT2D eigenvalue weighted by atomic mass is 10.0. The van der Waals surface area contributed by atoms with Crippen molar-refractivity contribution < 1.29 is 9.53 Å². The van der Waals surface area contributed by atoms with E-state index in [2.05, 4.69) is 41.1 Å². The maximum Gasteiger partial charge on any atom is 0.305 e. The molecule has 0 aromatic heterocycles. The molecule has 0 heterocycles. The number of esters is 1. The van der Waals surface area contributed by atoms with E-state index < -0.39 is 0 Å². The molecule has 0 fully saturated rings. The van der Waals surface area contributed by atoms with Crippen LogP contribution in [0.4, 0.5) is 0 Å². The van der Waals surface area contributed by atoms with E-state index >= 15 is 0 Å². The summed E-state index contributed by atoms with van der Waals surface area (Å²) in [5.41, 5.74) is 0. The van der Waals surface area contributed by atoms with E-state index in [1.165, 1.54) is 20.0 Å². The molecule has 0 bridgehead atoms. The molecule has 5 nitrogen and oxygen atoms in total. The maximum absolute atomic E-state index is 11.0. The third kappa shape index (κ3) is 16.1. The van der Waals surface area contributed by atoms with Crippen molar-refractivity contribution in [3.05, 3.63) is 0 Å².